The number of aromatic nitrogens is 1. The smallest absolute Gasteiger partial charge is 0.213 e. The number of anilines is 1. The maximum atomic E-state index is 11.7. The van der Waals surface area contributed by atoms with Crippen molar-refractivity contribution < 1.29 is 8.42 Å². The topological polar surface area (TPSA) is 89.9 Å². The summed E-state index contributed by atoms with van der Waals surface area (Å²) in [4.78, 5) is 10.8. The molecule has 0 spiro atoms. The average molecular weight is 417 g/mol. The van der Waals surface area contributed by atoms with Gasteiger partial charge in [-0.05, 0) is 31.9 Å². The van der Waals surface area contributed by atoms with Gasteiger partial charge in [0.2, 0.25) is 10.0 Å². The van der Waals surface area contributed by atoms with Crippen molar-refractivity contribution in [2.45, 2.75) is 25.8 Å². The fourth-order valence-electron chi connectivity index (χ4n) is 2.94. The summed E-state index contributed by atoms with van der Waals surface area (Å²) in [5.41, 5.74) is 0. The zero-order valence-electron chi connectivity index (χ0n) is 16.2. The van der Waals surface area contributed by atoms with Crippen LogP contribution in [0, 0.1) is 0 Å². The van der Waals surface area contributed by atoms with E-state index in [0.717, 1.165) is 31.3 Å². The zero-order chi connectivity index (χ0) is 19.9. The predicted octanol–water partition coefficient (Wildman–Crippen LogP) is 1.15. The first kappa shape index (κ1) is 21.7. The van der Waals surface area contributed by atoms with Gasteiger partial charge in [-0.1, -0.05) is 11.6 Å². The first-order chi connectivity index (χ1) is 12.9. The van der Waals surface area contributed by atoms with E-state index in [4.69, 9.17) is 11.6 Å². The highest BCUT2D eigenvalue weighted by atomic mass is 35.5. The third-order valence-electron chi connectivity index (χ3n) is 4.57. The Labute approximate surface area is 167 Å². The molecule has 2 N–H and O–H groups in total. The highest BCUT2D eigenvalue weighted by Gasteiger charge is 2.25. The molecule has 0 saturated carbocycles. The Bertz CT molecular complexity index is 743. The number of guanidine groups is 1. The Kier molecular flexibility index (Phi) is 8.12. The van der Waals surface area contributed by atoms with E-state index in [1.807, 2.05) is 12.1 Å². The molecule has 152 valence electrons. The maximum absolute atomic E-state index is 11.7. The second-order valence-electron chi connectivity index (χ2n) is 6.46. The van der Waals surface area contributed by atoms with E-state index in [2.05, 4.69) is 25.5 Å². The number of halogens is 1. The van der Waals surface area contributed by atoms with E-state index in [-0.39, 0.29) is 11.8 Å². The molecule has 10 heteroatoms. The normalized spacial score (nSPS) is 18.2. The summed E-state index contributed by atoms with van der Waals surface area (Å²) in [5, 5.41) is 7.31. The number of nitrogens with one attached hydrogen (secondary N) is 2. The number of rotatable bonds is 8. The lowest BCUT2D eigenvalue weighted by molar-refractivity contribution is 0.461. The van der Waals surface area contributed by atoms with E-state index < -0.39 is 10.0 Å². The molecule has 2 heterocycles. The van der Waals surface area contributed by atoms with E-state index >= 15 is 0 Å². The van der Waals surface area contributed by atoms with Crippen LogP contribution in [-0.4, -0.2) is 75.7 Å². The maximum Gasteiger partial charge on any atom is 0.213 e. The van der Waals surface area contributed by atoms with Crippen LogP contribution in [0.3, 0.4) is 0 Å². The Morgan fingerprint density at radius 2 is 2.30 bits per heavy atom. The molecule has 1 aromatic rings. The second kappa shape index (κ2) is 10.1. The van der Waals surface area contributed by atoms with Gasteiger partial charge in [-0.2, -0.15) is 0 Å². The molecule has 1 atom stereocenters. The van der Waals surface area contributed by atoms with Crippen LogP contribution in [0.25, 0.3) is 0 Å². The quantitative estimate of drug-likeness (QED) is 0.375. The van der Waals surface area contributed by atoms with Gasteiger partial charge in [-0.15, -0.1) is 0 Å². The lowest BCUT2D eigenvalue weighted by Crippen LogP contribution is -2.45. The minimum absolute atomic E-state index is 0.124. The lowest BCUT2D eigenvalue weighted by Gasteiger charge is -2.20. The number of pyridine rings is 1. The molecule has 2 rings (SSSR count). The molecule has 0 amide bonds. The van der Waals surface area contributed by atoms with Gasteiger partial charge in [0.25, 0.3) is 0 Å². The number of nitrogens with zero attached hydrogens (tertiary/aromatic N) is 4. The molecule has 1 aliphatic rings. The van der Waals surface area contributed by atoms with Crippen LogP contribution < -0.4 is 15.5 Å². The van der Waals surface area contributed by atoms with Crippen molar-refractivity contribution in [3.8, 4) is 0 Å². The van der Waals surface area contributed by atoms with Crippen LogP contribution in [0.4, 0.5) is 5.82 Å². The first-order valence-electron chi connectivity index (χ1n) is 9.14. The van der Waals surface area contributed by atoms with Crippen molar-refractivity contribution in [1.82, 2.24) is 19.9 Å². The van der Waals surface area contributed by atoms with E-state index in [9.17, 15) is 8.42 Å². The first-order valence-corrected chi connectivity index (χ1v) is 11.1. The second-order valence-corrected chi connectivity index (χ2v) is 9.23. The van der Waals surface area contributed by atoms with Gasteiger partial charge in [0, 0.05) is 52.5 Å². The van der Waals surface area contributed by atoms with Crippen molar-refractivity contribution in [2.24, 2.45) is 4.99 Å². The summed E-state index contributed by atoms with van der Waals surface area (Å²) in [6.45, 7) is 4.46. The summed E-state index contributed by atoms with van der Waals surface area (Å²) in [7, 11) is 0.219. The van der Waals surface area contributed by atoms with Gasteiger partial charge in [0.05, 0.1) is 10.8 Å². The molecule has 0 radical (unpaired) electrons. The molecule has 0 bridgehead atoms. The highest BCUT2D eigenvalue weighted by Crippen LogP contribution is 2.25. The molecule has 8 nitrogen and oxygen atoms in total. The van der Waals surface area contributed by atoms with Crippen LogP contribution >= 0.6 is 11.6 Å². The van der Waals surface area contributed by atoms with Crippen LogP contribution in [0.5, 0.6) is 0 Å². The van der Waals surface area contributed by atoms with E-state index in [1.54, 1.807) is 27.2 Å². The molecule has 1 saturated heterocycles. The third-order valence-corrected chi connectivity index (χ3v) is 6.73. The van der Waals surface area contributed by atoms with Crippen molar-refractivity contribution in [1.29, 1.82) is 0 Å². The Morgan fingerprint density at radius 1 is 1.52 bits per heavy atom. The fourth-order valence-corrected chi connectivity index (χ4v) is 4.03. The number of aliphatic imine (C=N–C) groups is 1. The zero-order valence-corrected chi connectivity index (χ0v) is 17.7. The average Bonchev–Trinajstić information content (AvgIpc) is 3.12. The Hall–Kier alpha value is -1.58. The fraction of sp³-hybridized carbons (Fsp3) is 0.647. The van der Waals surface area contributed by atoms with Crippen LogP contribution in [-0.2, 0) is 10.0 Å². The van der Waals surface area contributed by atoms with Gasteiger partial charge >= 0.3 is 0 Å². The predicted molar refractivity (Wildman–Crippen MR) is 111 cm³/mol. The van der Waals surface area contributed by atoms with E-state index in [1.165, 1.54) is 4.31 Å². The van der Waals surface area contributed by atoms with Gasteiger partial charge in [0.15, 0.2) is 5.96 Å². The van der Waals surface area contributed by atoms with Crippen molar-refractivity contribution in [3.63, 3.8) is 0 Å². The van der Waals surface area contributed by atoms with Gasteiger partial charge in [-0.25, -0.2) is 17.7 Å². The summed E-state index contributed by atoms with van der Waals surface area (Å²) in [6, 6.07) is 3.92. The van der Waals surface area contributed by atoms with Crippen LogP contribution in [0.15, 0.2) is 23.3 Å². The third kappa shape index (κ3) is 6.22. The van der Waals surface area contributed by atoms with Crippen LogP contribution in [0.1, 0.15) is 19.8 Å². The van der Waals surface area contributed by atoms with Crippen molar-refractivity contribution in [2.75, 3.05) is 50.9 Å². The van der Waals surface area contributed by atoms with Gasteiger partial charge < -0.3 is 15.5 Å². The molecule has 1 aromatic heterocycles. The standard InChI is InChI=1S/C17H29ClN6O2S/c1-4-27(25,26)23(3)11-6-10-21-17(19-2)22-14-8-12-24(13-14)16-15(18)7-5-9-20-16/h5,7,9,14H,4,6,8,10-13H2,1-3H3,(H2,19,21,22). The Balaban J connectivity index is 1.75. The summed E-state index contributed by atoms with van der Waals surface area (Å²) in [6.07, 6.45) is 3.42. The van der Waals surface area contributed by atoms with Gasteiger partial charge in [-0.3, -0.25) is 4.99 Å². The monoisotopic (exact) mass is 416 g/mol. The largest absolute Gasteiger partial charge is 0.356 e. The molecule has 1 unspecified atom stereocenters. The number of hydrogen-bond acceptors (Lipinski definition) is 5. The number of sulfonamides is 1. The summed E-state index contributed by atoms with van der Waals surface area (Å²) >= 11 is 6.23. The van der Waals surface area contributed by atoms with Crippen molar-refractivity contribution >= 4 is 33.4 Å². The summed E-state index contributed by atoms with van der Waals surface area (Å²) < 4.78 is 24.9. The molecule has 1 fully saturated rings. The molecule has 27 heavy (non-hydrogen) atoms. The molecular formula is C17H29ClN6O2S. The number of hydrogen-bond donors (Lipinski definition) is 2. The van der Waals surface area contributed by atoms with Crippen LogP contribution in [0.2, 0.25) is 5.02 Å². The Morgan fingerprint density at radius 3 is 2.96 bits per heavy atom. The molecule has 0 aliphatic carbocycles. The van der Waals surface area contributed by atoms with Crippen molar-refractivity contribution in [3.05, 3.63) is 23.4 Å². The minimum Gasteiger partial charge on any atom is -0.356 e. The minimum atomic E-state index is -3.12. The SMILES string of the molecule is CCS(=O)(=O)N(C)CCCNC(=NC)NC1CCN(c2ncccc2Cl)C1. The highest BCUT2D eigenvalue weighted by molar-refractivity contribution is 7.89. The van der Waals surface area contributed by atoms with Gasteiger partial charge in [0.1, 0.15) is 5.82 Å². The molecule has 0 aromatic carbocycles. The molecular weight excluding hydrogens is 388 g/mol. The molecule has 1 aliphatic heterocycles. The lowest BCUT2D eigenvalue weighted by atomic mass is 10.3. The van der Waals surface area contributed by atoms with E-state index in [0.29, 0.717) is 24.5 Å². The summed E-state index contributed by atoms with van der Waals surface area (Å²) in [5.74, 6) is 1.65.